The summed E-state index contributed by atoms with van der Waals surface area (Å²) in [7, 11) is 0. The van der Waals surface area contributed by atoms with E-state index in [1.807, 2.05) is 6.07 Å². The van der Waals surface area contributed by atoms with Crippen molar-refractivity contribution in [1.29, 1.82) is 5.26 Å². The van der Waals surface area contributed by atoms with Gasteiger partial charge in [-0.2, -0.15) is 5.26 Å². The fourth-order valence-corrected chi connectivity index (χ4v) is 1.61. The maximum Gasteiger partial charge on any atom is 0.221 e. The number of amides is 1. The molecule has 1 saturated carbocycles. The van der Waals surface area contributed by atoms with Crippen molar-refractivity contribution >= 4 is 17.3 Å². The molecule has 4 N–H and O–H groups in total. The number of nitriles is 1. The number of carbonyl (C=O) groups excluding carboxylic acids is 1. The summed E-state index contributed by atoms with van der Waals surface area (Å²) in [4.78, 5) is 11.4. The summed E-state index contributed by atoms with van der Waals surface area (Å²) >= 11 is 0. The fraction of sp³-hybridized carbons (Fsp3) is 0.385. The van der Waals surface area contributed by atoms with Crippen LogP contribution >= 0.6 is 0 Å². The van der Waals surface area contributed by atoms with Crippen molar-refractivity contribution in [1.82, 2.24) is 5.32 Å². The molecule has 5 heteroatoms. The van der Waals surface area contributed by atoms with E-state index in [0.29, 0.717) is 30.3 Å². The highest BCUT2D eigenvalue weighted by Gasteiger charge is 2.22. The molecule has 18 heavy (non-hydrogen) atoms. The van der Waals surface area contributed by atoms with Crippen molar-refractivity contribution in [2.45, 2.75) is 25.3 Å². The highest BCUT2D eigenvalue weighted by molar-refractivity contribution is 5.77. The zero-order valence-corrected chi connectivity index (χ0v) is 10.1. The van der Waals surface area contributed by atoms with E-state index in [4.69, 9.17) is 11.0 Å². The molecular formula is C13H16N4O. The zero-order valence-electron chi connectivity index (χ0n) is 10.1. The number of rotatable bonds is 5. The number of anilines is 2. The lowest BCUT2D eigenvalue weighted by molar-refractivity contribution is -0.120. The van der Waals surface area contributed by atoms with Gasteiger partial charge >= 0.3 is 0 Å². The summed E-state index contributed by atoms with van der Waals surface area (Å²) in [5.41, 5.74) is 7.34. The third-order valence-electron chi connectivity index (χ3n) is 2.80. The van der Waals surface area contributed by atoms with Gasteiger partial charge in [0.25, 0.3) is 0 Å². The van der Waals surface area contributed by atoms with Gasteiger partial charge in [0.1, 0.15) is 6.07 Å². The lowest BCUT2D eigenvalue weighted by atomic mass is 10.2. The molecule has 0 radical (unpaired) electrons. The second kappa shape index (κ2) is 5.41. The Balaban J connectivity index is 1.79. The van der Waals surface area contributed by atoms with Gasteiger partial charge in [-0.1, -0.05) is 0 Å². The van der Waals surface area contributed by atoms with Crippen LogP contribution in [-0.4, -0.2) is 18.5 Å². The zero-order chi connectivity index (χ0) is 13.0. The smallest absolute Gasteiger partial charge is 0.221 e. The average molecular weight is 244 g/mol. The predicted octanol–water partition coefficient (Wildman–Crippen LogP) is 1.22. The van der Waals surface area contributed by atoms with Crippen LogP contribution in [0.4, 0.5) is 11.4 Å². The number of carbonyl (C=O) groups is 1. The van der Waals surface area contributed by atoms with Crippen molar-refractivity contribution in [3.05, 3.63) is 23.8 Å². The Bertz CT molecular complexity index is 488. The molecule has 1 amide bonds. The maximum absolute atomic E-state index is 11.4. The Labute approximate surface area is 106 Å². The van der Waals surface area contributed by atoms with Crippen LogP contribution in [0.15, 0.2) is 18.2 Å². The van der Waals surface area contributed by atoms with Crippen LogP contribution in [-0.2, 0) is 4.79 Å². The number of hydrogen-bond donors (Lipinski definition) is 3. The second-order valence-corrected chi connectivity index (χ2v) is 4.43. The molecule has 0 aromatic heterocycles. The van der Waals surface area contributed by atoms with Gasteiger partial charge in [0.2, 0.25) is 5.91 Å². The molecule has 5 nitrogen and oxygen atoms in total. The van der Waals surface area contributed by atoms with E-state index >= 15 is 0 Å². The number of nitrogens with one attached hydrogen (secondary N) is 2. The SMILES string of the molecule is N#Cc1cc(NCCC(=O)NC2CC2)ccc1N. The van der Waals surface area contributed by atoms with E-state index in [0.717, 1.165) is 18.5 Å². The van der Waals surface area contributed by atoms with Gasteiger partial charge < -0.3 is 16.4 Å². The first-order chi connectivity index (χ1) is 8.69. The molecule has 0 spiro atoms. The topological polar surface area (TPSA) is 90.9 Å². The molecule has 0 unspecified atom stereocenters. The second-order valence-electron chi connectivity index (χ2n) is 4.43. The molecule has 1 aliphatic rings. The molecule has 0 atom stereocenters. The molecule has 0 bridgehead atoms. The van der Waals surface area contributed by atoms with Gasteiger partial charge in [0, 0.05) is 30.4 Å². The standard InChI is InChI=1S/C13H16N4O/c14-8-9-7-11(3-4-12(9)15)16-6-5-13(18)17-10-1-2-10/h3-4,7,10,16H,1-2,5-6,15H2,(H,17,18). The summed E-state index contributed by atoms with van der Waals surface area (Å²) in [6.45, 7) is 0.549. The number of nitrogen functional groups attached to an aromatic ring is 1. The minimum atomic E-state index is 0.0703. The van der Waals surface area contributed by atoms with E-state index < -0.39 is 0 Å². The Hall–Kier alpha value is -2.22. The van der Waals surface area contributed by atoms with Gasteiger partial charge in [-0.25, -0.2) is 0 Å². The van der Waals surface area contributed by atoms with Crippen molar-refractivity contribution in [3.8, 4) is 6.07 Å². The average Bonchev–Trinajstić information content (AvgIpc) is 3.15. The molecule has 1 fully saturated rings. The number of nitrogens with zero attached hydrogens (tertiary/aromatic N) is 1. The lowest BCUT2D eigenvalue weighted by Gasteiger charge is -2.08. The normalized spacial score (nSPS) is 13.7. The van der Waals surface area contributed by atoms with Crippen LogP contribution in [0.5, 0.6) is 0 Å². The molecular weight excluding hydrogens is 228 g/mol. The van der Waals surface area contributed by atoms with Gasteiger partial charge in [-0.15, -0.1) is 0 Å². The molecule has 94 valence electrons. The molecule has 1 aromatic rings. The van der Waals surface area contributed by atoms with E-state index in [9.17, 15) is 4.79 Å². The number of nitrogens with two attached hydrogens (primary N) is 1. The summed E-state index contributed by atoms with van der Waals surface area (Å²) in [5, 5.41) is 14.9. The van der Waals surface area contributed by atoms with Crippen LogP contribution in [0, 0.1) is 11.3 Å². The quantitative estimate of drug-likeness (QED) is 0.679. The van der Waals surface area contributed by atoms with E-state index in [2.05, 4.69) is 10.6 Å². The van der Waals surface area contributed by atoms with Crippen molar-refractivity contribution in [3.63, 3.8) is 0 Å². The summed E-state index contributed by atoms with van der Waals surface area (Å²) in [5.74, 6) is 0.0703. The molecule has 1 aromatic carbocycles. The van der Waals surface area contributed by atoms with Crippen molar-refractivity contribution in [2.24, 2.45) is 0 Å². The van der Waals surface area contributed by atoms with E-state index in [1.54, 1.807) is 18.2 Å². The van der Waals surface area contributed by atoms with Crippen LogP contribution in [0.25, 0.3) is 0 Å². The summed E-state index contributed by atoms with van der Waals surface area (Å²) in [6.07, 6.45) is 2.63. The van der Waals surface area contributed by atoms with Gasteiger partial charge in [0.05, 0.1) is 5.56 Å². The van der Waals surface area contributed by atoms with Crippen LogP contribution in [0.2, 0.25) is 0 Å². The highest BCUT2D eigenvalue weighted by atomic mass is 16.1. The van der Waals surface area contributed by atoms with E-state index in [1.165, 1.54) is 0 Å². The van der Waals surface area contributed by atoms with Crippen LogP contribution in [0.3, 0.4) is 0 Å². The Kier molecular flexibility index (Phi) is 3.68. The Morgan fingerprint density at radius 1 is 1.50 bits per heavy atom. The van der Waals surface area contributed by atoms with Crippen molar-refractivity contribution < 1.29 is 4.79 Å². The van der Waals surface area contributed by atoms with E-state index in [-0.39, 0.29) is 5.91 Å². The number of benzene rings is 1. The molecule has 1 aliphatic carbocycles. The summed E-state index contributed by atoms with van der Waals surface area (Å²) in [6, 6.07) is 7.60. The first kappa shape index (κ1) is 12.2. The van der Waals surface area contributed by atoms with Crippen LogP contribution < -0.4 is 16.4 Å². The molecule has 2 rings (SSSR count). The predicted molar refractivity (Wildman–Crippen MR) is 69.8 cm³/mol. The Morgan fingerprint density at radius 3 is 2.94 bits per heavy atom. The third-order valence-corrected chi connectivity index (χ3v) is 2.80. The highest BCUT2D eigenvalue weighted by Crippen LogP contribution is 2.19. The number of hydrogen-bond acceptors (Lipinski definition) is 4. The minimum Gasteiger partial charge on any atom is -0.398 e. The Morgan fingerprint density at radius 2 is 2.28 bits per heavy atom. The minimum absolute atomic E-state index is 0.0703. The molecule has 0 saturated heterocycles. The maximum atomic E-state index is 11.4. The fourth-order valence-electron chi connectivity index (χ4n) is 1.61. The lowest BCUT2D eigenvalue weighted by Crippen LogP contribution is -2.27. The molecule has 0 aliphatic heterocycles. The monoisotopic (exact) mass is 244 g/mol. The molecule has 0 heterocycles. The van der Waals surface area contributed by atoms with Gasteiger partial charge in [-0.3, -0.25) is 4.79 Å². The third kappa shape index (κ3) is 3.39. The van der Waals surface area contributed by atoms with Crippen LogP contribution in [0.1, 0.15) is 24.8 Å². The van der Waals surface area contributed by atoms with Gasteiger partial charge in [-0.05, 0) is 31.0 Å². The first-order valence-electron chi connectivity index (χ1n) is 6.02. The van der Waals surface area contributed by atoms with Crippen molar-refractivity contribution in [2.75, 3.05) is 17.6 Å². The largest absolute Gasteiger partial charge is 0.398 e. The van der Waals surface area contributed by atoms with Gasteiger partial charge in [0.15, 0.2) is 0 Å². The summed E-state index contributed by atoms with van der Waals surface area (Å²) < 4.78 is 0. The first-order valence-corrected chi connectivity index (χ1v) is 6.02.